The molecule has 3 rings (SSSR count). The lowest BCUT2D eigenvalue weighted by atomic mass is 9.64. The van der Waals surface area contributed by atoms with Crippen LogP contribution in [0.25, 0.3) is 0 Å². The van der Waals surface area contributed by atoms with E-state index in [4.69, 9.17) is 0 Å². The van der Waals surface area contributed by atoms with Gasteiger partial charge in [-0.1, -0.05) is 25.7 Å². The fraction of sp³-hybridized carbons (Fsp3) is 0.923. The largest absolute Gasteiger partial charge is 0.300 e. The van der Waals surface area contributed by atoms with Crippen LogP contribution in [-0.4, -0.2) is 5.78 Å². The number of rotatable bonds is 0. The second kappa shape index (κ2) is 3.36. The van der Waals surface area contributed by atoms with Gasteiger partial charge in [-0.3, -0.25) is 4.79 Å². The lowest BCUT2D eigenvalue weighted by Gasteiger charge is -2.41. The van der Waals surface area contributed by atoms with Gasteiger partial charge >= 0.3 is 0 Å². The van der Waals surface area contributed by atoms with Gasteiger partial charge < -0.3 is 0 Å². The van der Waals surface area contributed by atoms with Crippen molar-refractivity contribution >= 4 is 5.78 Å². The summed E-state index contributed by atoms with van der Waals surface area (Å²) in [6, 6.07) is 0. The molecular formula is C13H20O. The van der Waals surface area contributed by atoms with E-state index in [1.807, 2.05) is 0 Å². The summed E-state index contributed by atoms with van der Waals surface area (Å²) in [6.07, 6.45) is 10.5. The second-order valence-electron chi connectivity index (χ2n) is 5.74. The number of hydrogen-bond donors (Lipinski definition) is 0. The molecule has 0 amide bonds. The molecule has 1 nitrogen and oxygen atoms in total. The Bertz CT molecular complexity index is 222. The summed E-state index contributed by atoms with van der Waals surface area (Å²) in [5.41, 5.74) is 0. The molecule has 0 radical (unpaired) electrons. The van der Waals surface area contributed by atoms with Crippen molar-refractivity contribution in [2.24, 2.45) is 23.7 Å². The van der Waals surface area contributed by atoms with E-state index < -0.39 is 0 Å². The van der Waals surface area contributed by atoms with Crippen molar-refractivity contribution < 1.29 is 4.79 Å². The molecule has 3 saturated carbocycles. The highest BCUT2D eigenvalue weighted by atomic mass is 16.1. The lowest BCUT2D eigenvalue weighted by Crippen LogP contribution is -2.31. The minimum absolute atomic E-state index is 0.554. The third kappa shape index (κ3) is 1.41. The Hall–Kier alpha value is -0.330. The zero-order valence-corrected chi connectivity index (χ0v) is 8.87. The number of carbonyl (C=O) groups excluding carboxylic acids is 1. The van der Waals surface area contributed by atoms with Crippen LogP contribution < -0.4 is 0 Å². The van der Waals surface area contributed by atoms with Gasteiger partial charge in [0.1, 0.15) is 5.78 Å². The third-order valence-electron chi connectivity index (χ3n) is 4.92. The number of carbonyl (C=O) groups is 1. The molecule has 0 aromatic carbocycles. The Kier molecular flexibility index (Phi) is 2.14. The summed E-state index contributed by atoms with van der Waals surface area (Å²) in [7, 11) is 0. The first-order valence-electron chi connectivity index (χ1n) is 6.34. The molecule has 1 heteroatoms. The van der Waals surface area contributed by atoms with Crippen molar-refractivity contribution in [2.75, 3.05) is 0 Å². The number of fused-ring (bicyclic) bond motifs is 2. The summed E-state index contributed by atoms with van der Waals surface area (Å²) in [6.45, 7) is 0. The molecule has 3 fully saturated rings. The van der Waals surface area contributed by atoms with Crippen molar-refractivity contribution in [3.63, 3.8) is 0 Å². The maximum Gasteiger partial charge on any atom is 0.133 e. The van der Waals surface area contributed by atoms with E-state index >= 15 is 0 Å². The van der Waals surface area contributed by atoms with Crippen LogP contribution >= 0.6 is 0 Å². The second-order valence-corrected chi connectivity index (χ2v) is 5.74. The van der Waals surface area contributed by atoms with Crippen LogP contribution in [0, 0.1) is 23.7 Å². The Morgan fingerprint density at radius 1 is 0.786 bits per heavy atom. The van der Waals surface area contributed by atoms with Crippen LogP contribution in [0.3, 0.4) is 0 Å². The summed E-state index contributed by atoms with van der Waals surface area (Å²) in [4.78, 5) is 11.4. The Morgan fingerprint density at radius 3 is 1.79 bits per heavy atom. The smallest absolute Gasteiger partial charge is 0.133 e. The van der Waals surface area contributed by atoms with E-state index in [0.29, 0.717) is 5.78 Å². The van der Waals surface area contributed by atoms with E-state index in [1.54, 1.807) is 0 Å². The molecule has 0 saturated heterocycles. The highest BCUT2D eigenvalue weighted by molar-refractivity contribution is 5.81. The summed E-state index contributed by atoms with van der Waals surface area (Å²) < 4.78 is 0. The number of Topliss-reactive ketones (excluding diaryl/α,β-unsaturated/α-hetero) is 1. The molecule has 0 aromatic heterocycles. The molecule has 78 valence electrons. The molecule has 4 atom stereocenters. The molecular weight excluding hydrogens is 172 g/mol. The number of hydrogen-bond acceptors (Lipinski definition) is 1. The molecule has 0 aliphatic heterocycles. The van der Waals surface area contributed by atoms with Crippen LogP contribution in [0.1, 0.15) is 51.4 Å². The van der Waals surface area contributed by atoms with Crippen LogP contribution in [0.15, 0.2) is 0 Å². The quantitative estimate of drug-likeness (QED) is 0.576. The van der Waals surface area contributed by atoms with Crippen molar-refractivity contribution in [1.29, 1.82) is 0 Å². The van der Waals surface area contributed by atoms with Crippen molar-refractivity contribution in [3.05, 3.63) is 0 Å². The number of ketones is 1. The molecule has 0 spiro atoms. The monoisotopic (exact) mass is 192 g/mol. The third-order valence-corrected chi connectivity index (χ3v) is 4.92. The summed E-state index contributed by atoms with van der Waals surface area (Å²) >= 11 is 0. The summed E-state index contributed by atoms with van der Waals surface area (Å²) in [5.74, 6) is 4.13. The fourth-order valence-corrected chi connectivity index (χ4v) is 4.24. The molecule has 14 heavy (non-hydrogen) atoms. The van der Waals surface area contributed by atoms with E-state index in [9.17, 15) is 4.79 Å². The van der Waals surface area contributed by atoms with Gasteiger partial charge in [0.25, 0.3) is 0 Å². The average molecular weight is 192 g/mol. The molecule has 4 unspecified atom stereocenters. The van der Waals surface area contributed by atoms with Crippen molar-refractivity contribution in [2.45, 2.75) is 51.4 Å². The Balaban J connectivity index is 1.73. The van der Waals surface area contributed by atoms with Gasteiger partial charge in [0.15, 0.2) is 0 Å². The zero-order chi connectivity index (χ0) is 9.54. The van der Waals surface area contributed by atoms with Gasteiger partial charge in [0.05, 0.1) is 0 Å². The van der Waals surface area contributed by atoms with Gasteiger partial charge in [-0.2, -0.15) is 0 Å². The predicted octanol–water partition coefficient (Wildman–Crippen LogP) is 3.18. The molecule has 0 aromatic rings. The first-order chi connectivity index (χ1) is 6.83. The van der Waals surface area contributed by atoms with Gasteiger partial charge in [-0.05, 0) is 36.5 Å². The molecule has 0 heterocycles. The molecule has 0 bridgehead atoms. The van der Waals surface area contributed by atoms with Crippen LogP contribution in [0.5, 0.6) is 0 Å². The average Bonchev–Trinajstić information content (AvgIpc) is 2.53. The Morgan fingerprint density at radius 2 is 1.29 bits per heavy atom. The van der Waals surface area contributed by atoms with Gasteiger partial charge in [0.2, 0.25) is 0 Å². The minimum atomic E-state index is 0.554. The standard InChI is InChI=1S/C13H20O/c14-13-7-11-5-9-3-1-2-4-10(9)6-12(11)8-13/h9-12H,1-8H2. The van der Waals surface area contributed by atoms with Gasteiger partial charge in [-0.25, -0.2) is 0 Å². The summed E-state index contributed by atoms with van der Waals surface area (Å²) in [5, 5.41) is 0. The zero-order valence-electron chi connectivity index (χ0n) is 8.87. The topological polar surface area (TPSA) is 17.1 Å². The van der Waals surface area contributed by atoms with Crippen LogP contribution in [0.4, 0.5) is 0 Å². The van der Waals surface area contributed by atoms with E-state index in [2.05, 4.69) is 0 Å². The maximum atomic E-state index is 11.4. The predicted molar refractivity (Wildman–Crippen MR) is 55.9 cm³/mol. The van der Waals surface area contributed by atoms with Gasteiger partial charge in [0, 0.05) is 12.8 Å². The highest BCUT2D eigenvalue weighted by Crippen LogP contribution is 2.50. The fourth-order valence-electron chi connectivity index (χ4n) is 4.24. The Labute approximate surface area is 86.3 Å². The SMILES string of the molecule is O=C1CC2CC3CCCCC3CC2C1. The highest BCUT2D eigenvalue weighted by Gasteiger charge is 2.42. The normalized spacial score (nSPS) is 47.3. The van der Waals surface area contributed by atoms with Gasteiger partial charge in [-0.15, -0.1) is 0 Å². The van der Waals surface area contributed by atoms with Crippen molar-refractivity contribution in [3.8, 4) is 0 Å². The van der Waals surface area contributed by atoms with Crippen molar-refractivity contribution in [1.82, 2.24) is 0 Å². The van der Waals surface area contributed by atoms with E-state index in [1.165, 1.54) is 38.5 Å². The molecule has 0 N–H and O–H groups in total. The first-order valence-corrected chi connectivity index (χ1v) is 6.34. The van der Waals surface area contributed by atoms with Crippen LogP contribution in [-0.2, 0) is 4.79 Å². The molecule has 3 aliphatic rings. The minimum Gasteiger partial charge on any atom is -0.300 e. The first kappa shape index (κ1) is 8.94. The van der Waals surface area contributed by atoms with E-state index in [0.717, 1.165) is 36.5 Å². The van der Waals surface area contributed by atoms with Crippen LogP contribution in [0.2, 0.25) is 0 Å². The maximum absolute atomic E-state index is 11.4. The molecule has 3 aliphatic carbocycles. The lowest BCUT2D eigenvalue weighted by molar-refractivity contribution is -0.117. The van der Waals surface area contributed by atoms with E-state index in [-0.39, 0.29) is 0 Å².